The molecule has 0 unspecified atom stereocenters. The van der Waals surface area contributed by atoms with Crippen molar-refractivity contribution in [2.24, 2.45) is 7.05 Å². The van der Waals surface area contributed by atoms with Gasteiger partial charge in [-0.25, -0.2) is 0 Å². The van der Waals surface area contributed by atoms with Crippen LogP contribution in [0.5, 0.6) is 5.88 Å². The van der Waals surface area contributed by atoms with Crippen molar-refractivity contribution in [1.29, 1.82) is 0 Å². The van der Waals surface area contributed by atoms with Gasteiger partial charge in [-0.1, -0.05) is 54.2 Å². The van der Waals surface area contributed by atoms with Gasteiger partial charge in [-0.2, -0.15) is 0 Å². The molecule has 0 saturated carbocycles. The van der Waals surface area contributed by atoms with Crippen LogP contribution in [-0.4, -0.2) is 36.9 Å². The van der Waals surface area contributed by atoms with Crippen LogP contribution in [0.1, 0.15) is 19.4 Å². The molecule has 0 radical (unpaired) electrons. The summed E-state index contributed by atoms with van der Waals surface area (Å²) in [6.07, 6.45) is 6.20. The molecule has 0 fully saturated rings. The van der Waals surface area contributed by atoms with Crippen molar-refractivity contribution in [2.75, 3.05) is 12.4 Å². The third-order valence-corrected chi connectivity index (χ3v) is 4.80. The summed E-state index contributed by atoms with van der Waals surface area (Å²) in [4.78, 5) is 0. The van der Waals surface area contributed by atoms with E-state index in [0.717, 1.165) is 28.8 Å². The second kappa shape index (κ2) is 8.71. The number of thioether (sulfide) groups is 1. The summed E-state index contributed by atoms with van der Waals surface area (Å²) >= 11 is 1.65. The molecule has 0 amide bonds. The summed E-state index contributed by atoms with van der Waals surface area (Å²) in [5.74, 6) is 2.20. The molecule has 0 N–H and O–H groups in total. The Morgan fingerprint density at radius 3 is 2.69 bits per heavy atom. The lowest BCUT2D eigenvalue weighted by Crippen LogP contribution is -1.98. The van der Waals surface area contributed by atoms with Gasteiger partial charge in [-0.3, -0.25) is 4.68 Å². The van der Waals surface area contributed by atoms with E-state index in [9.17, 15) is 0 Å². The molecule has 2 aromatic heterocycles. The Morgan fingerprint density at radius 1 is 1.15 bits per heavy atom. The molecule has 7 heteroatoms. The van der Waals surface area contributed by atoms with Crippen molar-refractivity contribution in [3.63, 3.8) is 0 Å². The van der Waals surface area contributed by atoms with Gasteiger partial charge < -0.3 is 9.30 Å². The number of rotatable bonds is 8. The first-order valence-corrected chi connectivity index (χ1v) is 9.65. The van der Waals surface area contributed by atoms with Gasteiger partial charge in [-0.15, -0.1) is 15.3 Å². The number of hydrogen-bond acceptors (Lipinski definition) is 5. The molecule has 2 heterocycles. The van der Waals surface area contributed by atoms with Crippen LogP contribution >= 0.6 is 11.8 Å². The minimum Gasteiger partial charge on any atom is -0.476 e. The number of aromatic nitrogens is 5. The zero-order valence-corrected chi connectivity index (χ0v) is 16.1. The lowest BCUT2D eigenvalue weighted by molar-refractivity contribution is 0.322. The van der Waals surface area contributed by atoms with Crippen LogP contribution in [0.25, 0.3) is 17.5 Å². The van der Waals surface area contributed by atoms with Gasteiger partial charge in [0.05, 0.1) is 6.61 Å². The first kappa shape index (κ1) is 18.3. The Labute approximate surface area is 157 Å². The van der Waals surface area contributed by atoms with E-state index in [2.05, 4.69) is 39.6 Å². The fourth-order valence-corrected chi connectivity index (χ4v) is 3.23. The summed E-state index contributed by atoms with van der Waals surface area (Å²) in [5.41, 5.74) is 2.07. The Bertz CT molecular complexity index is 869. The van der Waals surface area contributed by atoms with Crippen LogP contribution in [0.4, 0.5) is 0 Å². The predicted molar refractivity (Wildman–Crippen MR) is 105 cm³/mol. The van der Waals surface area contributed by atoms with Crippen LogP contribution in [0.3, 0.4) is 0 Å². The molecule has 0 atom stereocenters. The Morgan fingerprint density at radius 2 is 1.96 bits per heavy atom. The minimum atomic E-state index is 0.567. The third kappa shape index (κ3) is 4.16. The molecule has 0 saturated heterocycles. The average Bonchev–Trinajstić information content (AvgIpc) is 3.23. The number of hydrogen-bond donors (Lipinski definition) is 0. The minimum absolute atomic E-state index is 0.567. The van der Waals surface area contributed by atoms with Crippen LogP contribution in [-0.2, 0) is 13.6 Å². The van der Waals surface area contributed by atoms with Gasteiger partial charge in [0.2, 0.25) is 5.88 Å². The number of aryl methyl sites for hydroxylation is 1. The second-order valence-electron chi connectivity index (χ2n) is 5.63. The van der Waals surface area contributed by atoms with E-state index < -0.39 is 0 Å². The van der Waals surface area contributed by atoms with Gasteiger partial charge in [0.25, 0.3) is 0 Å². The smallest absolute Gasteiger partial charge is 0.243 e. The lowest BCUT2D eigenvalue weighted by Gasteiger charge is -2.03. The maximum atomic E-state index is 5.65. The maximum Gasteiger partial charge on any atom is 0.243 e. The quantitative estimate of drug-likeness (QED) is 0.564. The number of ether oxygens (including phenoxy) is 1. The Kier molecular flexibility index (Phi) is 6.12. The lowest BCUT2D eigenvalue weighted by atomic mass is 10.2. The second-order valence-corrected chi connectivity index (χ2v) is 6.61. The van der Waals surface area contributed by atoms with Crippen molar-refractivity contribution in [3.8, 4) is 17.3 Å². The van der Waals surface area contributed by atoms with Crippen molar-refractivity contribution in [3.05, 3.63) is 48.2 Å². The van der Waals surface area contributed by atoms with Crippen LogP contribution in [0, 0.1) is 0 Å². The van der Waals surface area contributed by atoms with Crippen molar-refractivity contribution < 1.29 is 4.74 Å². The molecule has 3 rings (SSSR count). The SMILES string of the molecule is CCOc1nn(CC)cc1-c1nnc(SC/C=C/c2ccccc2)n1C. The van der Waals surface area contributed by atoms with Crippen LogP contribution in [0.15, 0.2) is 47.8 Å². The average molecular weight is 369 g/mol. The molecule has 0 aliphatic rings. The van der Waals surface area contributed by atoms with Crippen molar-refractivity contribution in [2.45, 2.75) is 25.5 Å². The summed E-state index contributed by atoms with van der Waals surface area (Å²) in [5, 5.41) is 14.0. The monoisotopic (exact) mass is 369 g/mol. The van der Waals surface area contributed by atoms with E-state index in [1.54, 1.807) is 11.8 Å². The number of benzene rings is 1. The third-order valence-electron chi connectivity index (χ3n) is 3.83. The molecular formula is C19H23N5OS. The van der Waals surface area contributed by atoms with Gasteiger partial charge in [-0.05, 0) is 19.4 Å². The Balaban J connectivity index is 1.72. The van der Waals surface area contributed by atoms with Gasteiger partial charge >= 0.3 is 0 Å². The molecule has 0 aliphatic heterocycles. The highest BCUT2D eigenvalue weighted by molar-refractivity contribution is 7.99. The molecule has 0 aliphatic carbocycles. The molecular weight excluding hydrogens is 346 g/mol. The zero-order chi connectivity index (χ0) is 18.4. The molecule has 6 nitrogen and oxygen atoms in total. The van der Waals surface area contributed by atoms with Crippen molar-refractivity contribution in [1.82, 2.24) is 24.5 Å². The van der Waals surface area contributed by atoms with E-state index >= 15 is 0 Å². The van der Waals surface area contributed by atoms with E-state index in [-0.39, 0.29) is 0 Å². The predicted octanol–water partition coefficient (Wildman–Crippen LogP) is 3.90. The molecule has 0 bridgehead atoms. The van der Waals surface area contributed by atoms with Gasteiger partial charge in [0, 0.05) is 25.5 Å². The molecule has 3 aromatic rings. The maximum absolute atomic E-state index is 5.65. The van der Waals surface area contributed by atoms with Gasteiger partial charge in [0.15, 0.2) is 11.0 Å². The van der Waals surface area contributed by atoms with E-state index in [1.165, 1.54) is 5.56 Å². The molecule has 136 valence electrons. The fraction of sp³-hybridized carbons (Fsp3) is 0.316. The summed E-state index contributed by atoms with van der Waals surface area (Å²) in [7, 11) is 1.97. The van der Waals surface area contributed by atoms with Crippen LogP contribution < -0.4 is 4.74 Å². The normalized spacial score (nSPS) is 11.3. The number of nitrogens with zero attached hydrogens (tertiary/aromatic N) is 5. The highest BCUT2D eigenvalue weighted by Gasteiger charge is 2.18. The topological polar surface area (TPSA) is 57.8 Å². The van der Waals surface area contributed by atoms with Gasteiger partial charge in [0.1, 0.15) is 5.56 Å². The summed E-state index contributed by atoms with van der Waals surface area (Å²) < 4.78 is 9.49. The summed E-state index contributed by atoms with van der Waals surface area (Å²) in [6.45, 7) is 5.34. The standard InChI is InChI=1S/C19H23N5OS/c1-4-24-14-16(18(22-24)25-5-2)17-20-21-19(23(17)3)26-13-9-12-15-10-7-6-8-11-15/h6-12,14H,4-5,13H2,1-3H3/b12-9+. The first-order chi connectivity index (χ1) is 12.7. The molecule has 1 aromatic carbocycles. The fourth-order valence-electron chi connectivity index (χ4n) is 2.51. The Hall–Kier alpha value is -2.54. The van der Waals surface area contributed by atoms with E-state index in [0.29, 0.717) is 12.5 Å². The molecule has 0 spiro atoms. The first-order valence-electron chi connectivity index (χ1n) is 8.67. The van der Waals surface area contributed by atoms with E-state index in [4.69, 9.17) is 4.74 Å². The highest BCUT2D eigenvalue weighted by Crippen LogP contribution is 2.29. The van der Waals surface area contributed by atoms with Crippen molar-refractivity contribution >= 4 is 17.8 Å². The largest absolute Gasteiger partial charge is 0.476 e. The van der Waals surface area contributed by atoms with Crippen LogP contribution in [0.2, 0.25) is 0 Å². The highest BCUT2D eigenvalue weighted by atomic mass is 32.2. The van der Waals surface area contributed by atoms with E-state index in [1.807, 2.05) is 54.5 Å². The molecule has 26 heavy (non-hydrogen) atoms. The summed E-state index contributed by atoms with van der Waals surface area (Å²) in [6, 6.07) is 10.3. The zero-order valence-electron chi connectivity index (χ0n) is 15.3.